The Morgan fingerprint density at radius 2 is 1.50 bits per heavy atom. The van der Waals surface area contributed by atoms with Gasteiger partial charge in [-0.3, -0.25) is 0 Å². The molecule has 0 saturated carbocycles. The van der Waals surface area contributed by atoms with E-state index in [-0.39, 0.29) is 7.78 Å². The van der Waals surface area contributed by atoms with Gasteiger partial charge in [0.1, 0.15) is 0 Å². The summed E-state index contributed by atoms with van der Waals surface area (Å²) in [7, 11) is 14.2. The molecule has 0 aliphatic rings. The molecule has 39 valence electrons. The topological polar surface area (TPSA) is 0 Å². The molecule has 0 bridgehead atoms. The van der Waals surface area contributed by atoms with Crippen molar-refractivity contribution in [1.29, 1.82) is 0 Å². The summed E-state index contributed by atoms with van der Waals surface area (Å²) in [5, 5.41) is 0. The third kappa shape index (κ3) is 5.65. The highest BCUT2D eigenvalue weighted by Crippen LogP contribution is 2.76. The molecule has 6 heavy (non-hydrogen) atoms. The molecule has 0 nitrogen and oxygen atoms in total. The molecular formula is CH3Cl3PS. The van der Waals surface area contributed by atoms with Crippen molar-refractivity contribution < 1.29 is 0 Å². The van der Waals surface area contributed by atoms with Crippen molar-refractivity contribution in [3.63, 3.8) is 0 Å². The van der Waals surface area contributed by atoms with Crippen molar-refractivity contribution in [3.05, 3.63) is 6.66 Å². The van der Waals surface area contributed by atoms with Gasteiger partial charge in [-0.15, -0.1) is 0 Å². The predicted molar refractivity (Wildman–Crippen MR) is 38.8 cm³/mol. The zero-order valence-electron chi connectivity index (χ0n) is 2.75. The molecule has 5 heteroatoms. The van der Waals surface area contributed by atoms with Crippen LogP contribution in [0, 0.1) is 6.66 Å². The minimum absolute atomic E-state index is 0.197. The Balaban J connectivity index is 3.17. The lowest BCUT2D eigenvalue weighted by atomic mass is 12.0. The number of hydrogen-bond acceptors (Lipinski definition) is 0. The number of rotatable bonds is 1. The van der Waals surface area contributed by atoms with Crippen LogP contribution in [0.15, 0.2) is 0 Å². The molecule has 0 fully saturated rings. The van der Waals surface area contributed by atoms with Gasteiger partial charge in [-0.1, -0.05) is 0 Å². The van der Waals surface area contributed by atoms with E-state index in [1.54, 1.807) is 0 Å². The van der Waals surface area contributed by atoms with Crippen LogP contribution in [0.25, 0.3) is 0 Å². The monoisotopic (exact) mass is 183 g/mol. The van der Waals surface area contributed by atoms with Gasteiger partial charge in [0.15, 0.2) is 0 Å². The van der Waals surface area contributed by atoms with Crippen LogP contribution in [-0.4, -0.2) is 0 Å². The first-order valence-electron chi connectivity index (χ1n) is 1.02. The van der Waals surface area contributed by atoms with Gasteiger partial charge in [0, 0.05) is 7.29 Å². The average Bonchev–Trinajstić information content (AvgIpc) is 1.35. The van der Waals surface area contributed by atoms with Crippen molar-refractivity contribution in [2.45, 2.75) is 0 Å². The van der Waals surface area contributed by atoms with Crippen molar-refractivity contribution in [2.24, 2.45) is 0 Å². The van der Waals surface area contributed by atoms with Gasteiger partial charge < -0.3 is 0 Å². The highest BCUT2D eigenvalue weighted by molar-refractivity contribution is 9.04. The fourth-order valence-electron chi connectivity index (χ4n) is 0. The lowest BCUT2D eigenvalue weighted by Gasteiger charge is -2.08. The fraction of sp³-hybridized carbons (Fsp3) is 0. The molecular weight excluding hydrogens is 181 g/mol. The third-order valence-electron chi connectivity index (χ3n) is 0.164. The summed E-state index contributed by atoms with van der Waals surface area (Å²) in [6.45, 7) is 3.43. The molecule has 0 saturated heterocycles. The lowest BCUT2D eigenvalue weighted by molar-refractivity contribution is 2.97. The first kappa shape index (κ1) is 7.65. The van der Waals surface area contributed by atoms with Crippen LogP contribution >= 0.6 is 47.1 Å². The number of halogens is 3. The smallest absolute Gasteiger partial charge is 0.0116 e. The first-order valence-corrected chi connectivity index (χ1v) is 7.06. The van der Waals surface area contributed by atoms with Crippen molar-refractivity contribution in [3.8, 4) is 0 Å². The summed E-state index contributed by atoms with van der Waals surface area (Å²) in [5.74, 6) is 0. The Kier molecular flexibility index (Phi) is 3.62. The minimum Gasteiger partial charge on any atom is -0.0349 e. The molecule has 0 aliphatic heterocycles. The Labute approximate surface area is 53.9 Å². The van der Waals surface area contributed by atoms with Gasteiger partial charge in [0.25, 0.3) is 0 Å². The molecule has 0 N–H and O–H groups in total. The highest BCUT2D eigenvalue weighted by atomic mass is 36.2. The van der Waals surface area contributed by atoms with E-state index >= 15 is 0 Å². The molecule has 0 aliphatic carbocycles. The molecule has 0 aromatic rings. The van der Waals surface area contributed by atoms with Gasteiger partial charge in [0.2, 0.25) is 0 Å². The first-order chi connectivity index (χ1) is 2.56. The third-order valence-corrected chi connectivity index (χ3v) is 4.42. The van der Waals surface area contributed by atoms with Crippen LogP contribution in [-0.2, 0) is 0 Å². The van der Waals surface area contributed by atoms with Gasteiger partial charge in [-0.2, -0.15) is 0 Å². The fourth-order valence-corrected chi connectivity index (χ4v) is 0. The summed E-state index contributed by atoms with van der Waals surface area (Å²) in [6, 6.07) is 0. The summed E-state index contributed by atoms with van der Waals surface area (Å²) < 4.78 is 0. The van der Waals surface area contributed by atoms with E-state index in [2.05, 4.69) is 6.66 Å². The zero-order chi connectivity index (χ0) is 5.21. The molecule has 0 rings (SSSR count). The van der Waals surface area contributed by atoms with Crippen molar-refractivity contribution in [2.75, 3.05) is 0 Å². The number of hydrogen-bond donors (Lipinski definition) is 0. The maximum atomic E-state index is 5.28. The Morgan fingerprint density at radius 3 is 1.50 bits per heavy atom. The van der Waals surface area contributed by atoms with E-state index in [9.17, 15) is 0 Å². The molecule has 0 aromatic heterocycles. The molecule has 0 aromatic carbocycles. The maximum Gasteiger partial charge on any atom is 0.0116 e. The van der Waals surface area contributed by atoms with E-state index in [4.69, 9.17) is 32.0 Å². The van der Waals surface area contributed by atoms with E-state index in [0.717, 1.165) is 0 Å². The van der Waals surface area contributed by atoms with Gasteiger partial charge in [0.05, 0.1) is 0 Å². The lowest BCUT2D eigenvalue weighted by Crippen LogP contribution is -1.41. The second-order valence-electron chi connectivity index (χ2n) is 0.551. The van der Waals surface area contributed by atoms with E-state index < -0.39 is 7.29 Å². The van der Waals surface area contributed by atoms with Crippen LogP contribution in [0.1, 0.15) is 0 Å². The standard InChI is InChI=1S/CH3Cl3PS/c1-5-6(2,3)4/h5H,1H2. The largest absolute Gasteiger partial charge is 0.0349 e. The Morgan fingerprint density at radius 1 is 1.33 bits per heavy atom. The molecule has 0 heterocycles. The maximum absolute atomic E-state index is 5.28. The summed E-state index contributed by atoms with van der Waals surface area (Å²) in [5.41, 5.74) is 0. The summed E-state index contributed by atoms with van der Waals surface area (Å²) >= 11 is 0. The van der Waals surface area contributed by atoms with Crippen molar-refractivity contribution >= 4 is 47.1 Å². The quantitative estimate of drug-likeness (QED) is 0.546. The summed E-state index contributed by atoms with van der Waals surface area (Å²) in [4.78, 5) is 0. The van der Waals surface area contributed by atoms with E-state index in [1.165, 1.54) is 0 Å². The molecule has 0 spiro atoms. The van der Waals surface area contributed by atoms with Gasteiger partial charge in [-0.25, -0.2) is 0 Å². The Bertz CT molecular complexity index is 40.5. The van der Waals surface area contributed by atoms with E-state index in [0.29, 0.717) is 0 Å². The highest BCUT2D eigenvalue weighted by Gasteiger charge is 2.06. The van der Waals surface area contributed by atoms with Gasteiger partial charge >= 0.3 is 0 Å². The van der Waals surface area contributed by atoms with Crippen molar-refractivity contribution in [1.82, 2.24) is 0 Å². The average molecular weight is 184 g/mol. The predicted octanol–water partition coefficient (Wildman–Crippen LogP) is 3.64. The van der Waals surface area contributed by atoms with Crippen LogP contribution in [0.3, 0.4) is 0 Å². The normalized spacial score (nSPS) is 16.7. The zero-order valence-corrected chi connectivity index (χ0v) is 6.83. The molecule has 0 amide bonds. The van der Waals surface area contributed by atoms with Crippen LogP contribution < -0.4 is 0 Å². The second-order valence-corrected chi connectivity index (χ2v) is 12.3. The van der Waals surface area contributed by atoms with E-state index in [1.807, 2.05) is 0 Å². The van der Waals surface area contributed by atoms with Crippen LogP contribution in [0.5, 0.6) is 0 Å². The molecule has 1 atom stereocenters. The summed E-state index contributed by atoms with van der Waals surface area (Å²) in [6.07, 6.45) is 0. The second kappa shape index (κ2) is 2.84. The SMILES string of the molecule is [CH2]PS(Cl)(Cl)Cl. The van der Waals surface area contributed by atoms with Gasteiger partial charge in [-0.05, 0) is 46.5 Å². The minimum atomic E-state index is -1.83. The Hall–Kier alpha value is 1.65. The molecule has 1 unspecified atom stereocenters. The van der Waals surface area contributed by atoms with Crippen LogP contribution in [0.2, 0.25) is 0 Å². The molecule has 1 radical (unpaired) electrons. The van der Waals surface area contributed by atoms with Crippen LogP contribution in [0.4, 0.5) is 0 Å².